The number of hydrogen-bond donors (Lipinski definition) is 1. The molecule has 0 bridgehead atoms. The summed E-state index contributed by atoms with van der Waals surface area (Å²) < 4.78 is 5.27. The van der Waals surface area contributed by atoms with Gasteiger partial charge in [-0.3, -0.25) is 4.98 Å². The molecule has 1 aromatic heterocycles. The summed E-state index contributed by atoms with van der Waals surface area (Å²) in [6.07, 6.45) is 3.35. The molecule has 1 rings (SSSR count). The molecule has 4 heteroatoms. The lowest BCUT2D eigenvalue weighted by Gasteiger charge is -2.02. The van der Waals surface area contributed by atoms with Crippen LogP contribution in [0.2, 0.25) is 0 Å². The Morgan fingerprint density at radius 3 is 2.92 bits per heavy atom. The Hall–Kier alpha value is -1.06. The highest BCUT2D eigenvalue weighted by Gasteiger charge is 1.93. The van der Waals surface area contributed by atoms with Gasteiger partial charge < -0.3 is 10.5 Å². The van der Waals surface area contributed by atoms with Crippen molar-refractivity contribution in [3.63, 3.8) is 0 Å². The number of nitrogens with zero attached hydrogens (tertiary/aromatic N) is 1. The summed E-state index contributed by atoms with van der Waals surface area (Å²) in [7, 11) is 0. The molecule has 1 aromatic rings. The zero-order valence-corrected chi connectivity index (χ0v) is 7.87. The molecule has 0 aliphatic heterocycles. The number of rotatable bonds is 4. The Balaban J connectivity index is 2.49. The Morgan fingerprint density at radius 2 is 2.38 bits per heavy atom. The second-order valence-corrected chi connectivity index (χ2v) is 2.61. The van der Waals surface area contributed by atoms with E-state index in [-0.39, 0.29) is 0 Å². The average Bonchev–Trinajstić information content (AvgIpc) is 2.19. The molecule has 0 saturated carbocycles. The lowest BCUT2D eigenvalue weighted by atomic mass is 10.3. The van der Waals surface area contributed by atoms with E-state index in [4.69, 9.17) is 22.1 Å². The molecule has 0 radical (unpaired) electrons. The van der Waals surface area contributed by atoms with Gasteiger partial charge in [-0.1, -0.05) is 11.6 Å². The Bertz CT molecular complexity index is 271. The predicted octanol–water partition coefficient (Wildman–Crippen LogP) is 1.67. The minimum atomic E-state index is 0.446. The Morgan fingerprint density at radius 1 is 1.54 bits per heavy atom. The van der Waals surface area contributed by atoms with Crippen molar-refractivity contribution in [3.05, 3.63) is 35.6 Å². The molecule has 13 heavy (non-hydrogen) atoms. The highest BCUT2D eigenvalue weighted by atomic mass is 35.5. The summed E-state index contributed by atoms with van der Waals surface area (Å²) >= 11 is 5.32. The van der Waals surface area contributed by atoms with Gasteiger partial charge in [-0.25, -0.2) is 0 Å². The van der Waals surface area contributed by atoms with Crippen molar-refractivity contribution in [1.82, 2.24) is 4.98 Å². The van der Waals surface area contributed by atoms with Crippen LogP contribution in [0.15, 0.2) is 29.9 Å². The minimum absolute atomic E-state index is 0.446. The van der Waals surface area contributed by atoms with Crippen LogP contribution in [0.1, 0.15) is 5.69 Å². The van der Waals surface area contributed by atoms with E-state index in [2.05, 4.69) is 4.98 Å². The molecular formula is C9H11ClN2O. The van der Waals surface area contributed by atoms with Gasteiger partial charge in [0.05, 0.1) is 11.9 Å². The van der Waals surface area contributed by atoms with Crippen LogP contribution < -0.4 is 10.5 Å². The first-order valence-electron chi connectivity index (χ1n) is 3.90. The van der Waals surface area contributed by atoms with Crippen molar-refractivity contribution in [2.45, 2.75) is 6.54 Å². The molecule has 0 fully saturated rings. The van der Waals surface area contributed by atoms with Gasteiger partial charge in [-0.15, -0.1) is 0 Å². The number of ether oxygens (including phenoxy) is 1. The fourth-order valence-corrected chi connectivity index (χ4v) is 0.870. The van der Waals surface area contributed by atoms with E-state index in [0.717, 1.165) is 5.69 Å². The van der Waals surface area contributed by atoms with Crippen molar-refractivity contribution < 1.29 is 4.74 Å². The number of halogens is 1. The summed E-state index contributed by atoms with van der Waals surface area (Å²) in [5.41, 5.74) is 7.66. The van der Waals surface area contributed by atoms with E-state index in [1.54, 1.807) is 12.3 Å². The standard InChI is InChI=1S/C9H11ClN2O/c10-4-1-5-13-9-3-2-8(6-11)12-7-9/h1-4,7H,5-6,11H2. The maximum atomic E-state index is 5.39. The first-order valence-corrected chi connectivity index (χ1v) is 4.33. The summed E-state index contributed by atoms with van der Waals surface area (Å²) in [6.45, 7) is 0.898. The molecule has 70 valence electrons. The normalized spacial score (nSPS) is 10.6. The molecule has 0 spiro atoms. The molecule has 2 N–H and O–H groups in total. The van der Waals surface area contributed by atoms with Crippen LogP contribution in [-0.2, 0) is 6.54 Å². The van der Waals surface area contributed by atoms with Crippen LogP contribution >= 0.6 is 11.6 Å². The number of nitrogens with two attached hydrogens (primary N) is 1. The molecule has 0 amide bonds. The van der Waals surface area contributed by atoms with Crippen molar-refractivity contribution in [2.75, 3.05) is 6.61 Å². The molecule has 0 aliphatic carbocycles. The average molecular weight is 199 g/mol. The summed E-state index contributed by atoms with van der Waals surface area (Å²) in [5, 5.41) is 0. The molecule has 0 atom stereocenters. The maximum absolute atomic E-state index is 5.39. The molecular weight excluding hydrogens is 188 g/mol. The van der Waals surface area contributed by atoms with Gasteiger partial charge in [0.15, 0.2) is 0 Å². The van der Waals surface area contributed by atoms with E-state index in [1.807, 2.05) is 12.1 Å². The summed E-state index contributed by atoms with van der Waals surface area (Å²) in [5.74, 6) is 0.715. The SMILES string of the molecule is NCc1ccc(OCC=CCl)cn1. The maximum Gasteiger partial charge on any atom is 0.138 e. The first kappa shape index (κ1) is 10.0. The fraction of sp³-hybridized carbons (Fsp3) is 0.222. The monoisotopic (exact) mass is 198 g/mol. The van der Waals surface area contributed by atoms with Crippen LogP contribution in [0.25, 0.3) is 0 Å². The van der Waals surface area contributed by atoms with Crippen molar-refractivity contribution >= 4 is 11.6 Å². The third-order valence-corrected chi connectivity index (χ3v) is 1.62. The quantitative estimate of drug-likeness (QED) is 0.801. The number of aromatic nitrogens is 1. The van der Waals surface area contributed by atoms with Crippen LogP contribution in [0.5, 0.6) is 5.75 Å². The molecule has 0 aliphatic rings. The van der Waals surface area contributed by atoms with Gasteiger partial charge in [-0.2, -0.15) is 0 Å². The summed E-state index contributed by atoms with van der Waals surface area (Å²) in [6, 6.07) is 3.66. The van der Waals surface area contributed by atoms with Gasteiger partial charge in [0.2, 0.25) is 0 Å². The lowest BCUT2D eigenvalue weighted by molar-refractivity contribution is 0.361. The van der Waals surface area contributed by atoms with Crippen molar-refractivity contribution in [3.8, 4) is 5.75 Å². The molecule has 3 nitrogen and oxygen atoms in total. The van der Waals surface area contributed by atoms with Crippen LogP contribution in [-0.4, -0.2) is 11.6 Å². The summed E-state index contributed by atoms with van der Waals surface area (Å²) in [4.78, 5) is 4.07. The second kappa shape index (κ2) is 5.56. The molecule has 1 heterocycles. The first-order chi connectivity index (χ1) is 6.36. The minimum Gasteiger partial charge on any atom is -0.488 e. The van der Waals surface area contributed by atoms with Crippen molar-refractivity contribution in [1.29, 1.82) is 0 Å². The molecule has 0 saturated heterocycles. The van der Waals surface area contributed by atoms with Crippen molar-refractivity contribution in [2.24, 2.45) is 5.73 Å². The van der Waals surface area contributed by atoms with Gasteiger partial charge in [-0.05, 0) is 18.2 Å². The van der Waals surface area contributed by atoms with Gasteiger partial charge in [0, 0.05) is 12.1 Å². The van der Waals surface area contributed by atoms with Crippen LogP contribution in [0.3, 0.4) is 0 Å². The smallest absolute Gasteiger partial charge is 0.138 e. The second-order valence-electron chi connectivity index (χ2n) is 2.36. The zero-order valence-electron chi connectivity index (χ0n) is 7.11. The molecule has 0 unspecified atom stereocenters. The zero-order chi connectivity index (χ0) is 9.52. The Kier molecular flexibility index (Phi) is 4.29. The molecule has 0 aromatic carbocycles. The largest absolute Gasteiger partial charge is 0.488 e. The highest BCUT2D eigenvalue weighted by Crippen LogP contribution is 2.08. The third kappa shape index (κ3) is 3.44. The Labute approximate surface area is 82.2 Å². The van der Waals surface area contributed by atoms with E-state index in [0.29, 0.717) is 18.9 Å². The topological polar surface area (TPSA) is 48.1 Å². The third-order valence-electron chi connectivity index (χ3n) is 1.44. The fourth-order valence-electron chi connectivity index (χ4n) is 0.798. The number of hydrogen-bond acceptors (Lipinski definition) is 3. The predicted molar refractivity (Wildman–Crippen MR) is 52.6 cm³/mol. The highest BCUT2D eigenvalue weighted by molar-refractivity contribution is 6.25. The van der Waals surface area contributed by atoms with E-state index in [9.17, 15) is 0 Å². The van der Waals surface area contributed by atoms with E-state index >= 15 is 0 Å². The lowest BCUT2D eigenvalue weighted by Crippen LogP contribution is -2.00. The van der Waals surface area contributed by atoms with Crippen LogP contribution in [0.4, 0.5) is 0 Å². The van der Waals surface area contributed by atoms with Gasteiger partial charge >= 0.3 is 0 Å². The number of pyridine rings is 1. The van der Waals surface area contributed by atoms with E-state index in [1.165, 1.54) is 5.54 Å². The van der Waals surface area contributed by atoms with E-state index < -0.39 is 0 Å². The van der Waals surface area contributed by atoms with Gasteiger partial charge in [0.25, 0.3) is 0 Å². The van der Waals surface area contributed by atoms with Gasteiger partial charge in [0.1, 0.15) is 12.4 Å². The van der Waals surface area contributed by atoms with Crippen LogP contribution in [0, 0.1) is 0 Å².